The minimum atomic E-state index is 0. The summed E-state index contributed by atoms with van der Waals surface area (Å²) in [4.78, 5) is 18.5. The van der Waals surface area contributed by atoms with Gasteiger partial charge in [0.05, 0.1) is 6.20 Å². The molecule has 102 valence electrons. The van der Waals surface area contributed by atoms with Gasteiger partial charge in [0.25, 0.3) is 0 Å². The molecule has 1 aromatic heterocycles. The minimum absolute atomic E-state index is 0. The molecule has 0 saturated carbocycles. The number of aromatic nitrogens is 2. The number of rotatable bonds is 5. The van der Waals surface area contributed by atoms with Crippen LogP contribution in [0.2, 0.25) is 0 Å². The number of nitrogen functional groups attached to an aromatic ring is 1. The van der Waals surface area contributed by atoms with Gasteiger partial charge in [-0.05, 0) is 25.0 Å². The highest BCUT2D eigenvalue weighted by Crippen LogP contribution is 2.08. The zero-order chi connectivity index (χ0) is 12.8. The normalized spacial score (nSPS) is 9.68. The van der Waals surface area contributed by atoms with Crippen LogP contribution < -0.4 is 11.1 Å². The van der Waals surface area contributed by atoms with Crippen LogP contribution in [0.25, 0.3) is 0 Å². The predicted octanol–water partition coefficient (Wildman–Crippen LogP) is 2.38. The average Bonchev–Trinajstić information content (AvgIpc) is 2.76. The van der Waals surface area contributed by atoms with Gasteiger partial charge in [-0.15, -0.1) is 12.4 Å². The number of hydrogen-bond acceptors (Lipinski definition) is 3. The van der Waals surface area contributed by atoms with Gasteiger partial charge in [-0.25, -0.2) is 4.98 Å². The molecule has 0 saturated heterocycles. The quantitative estimate of drug-likeness (QED) is 0.786. The summed E-state index contributed by atoms with van der Waals surface area (Å²) in [6.07, 6.45) is 3.71. The summed E-state index contributed by atoms with van der Waals surface area (Å²) in [6, 6.07) is 9.44. The number of aryl methyl sites for hydroxylation is 1. The third kappa shape index (κ3) is 5.01. The number of nitrogens with zero attached hydrogens (tertiary/aromatic N) is 1. The van der Waals surface area contributed by atoms with Crippen molar-refractivity contribution in [1.29, 1.82) is 0 Å². The first kappa shape index (κ1) is 15.0. The largest absolute Gasteiger partial charge is 0.369 e. The number of carbonyl (C=O) groups excluding carboxylic acids is 1. The molecule has 0 fully saturated rings. The van der Waals surface area contributed by atoms with Gasteiger partial charge >= 0.3 is 0 Å². The molecule has 2 aromatic rings. The lowest BCUT2D eigenvalue weighted by Crippen LogP contribution is -2.11. The molecule has 0 radical (unpaired) electrons. The SMILES string of the molecule is Cl.Nc1ncc(CCCC(=O)Nc2ccccc2)[nH]1. The van der Waals surface area contributed by atoms with Gasteiger partial charge in [0.1, 0.15) is 0 Å². The molecule has 1 heterocycles. The lowest BCUT2D eigenvalue weighted by molar-refractivity contribution is -0.116. The molecular weight excluding hydrogens is 264 g/mol. The molecule has 1 amide bonds. The molecule has 0 aliphatic heterocycles. The van der Waals surface area contributed by atoms with Gasteiger partial charge in [-0.2, -0.15) is 0 Å². The molecule has 0 aliphatic rings. The number of benzene rings is 1. The highest BCUT2D eigenvalue weighted by Gasteiger charge is 2.03. The van der Waals surface area contributed by atoms with Crippen molar-refractivity contribution in [2.24, 2.45) is 0 Å². The van der Waals surface area contributed by atoms with E-state index in [1.807, 2.05) is 30.3 Å². The number of imidazole rings is 1. The second-order valence-corrected chi connectivity index (χ2v) is 4.06. The summed E-state index contributed by atoms with van der Waals surface area (Å²) in [7, 11) is 0. The molecule has 0 bridgehead atoms. The first-order chi connectivity index (χ1) is 8.74. The van der Waals surface area contributed by atoms with Gasteiger partial charge in [-0.3, -0.25) is 4.79 Å². The minimum Gasteiger partial charge on any atom is -0.369 e. The van der Waals surface area contributed by atoms with Crippen molar-refractivity contribution in [2.45, 2.75) is 19.3 Å². The van der Waals surface area contributed by atoms with Crippen LogP contribution in [0.15, 0.2) is 36.5 Å². The van der Waals surface area contributed by atoms with Crippen LogP contribution in [0.4, 0.5) is 11.6 Å². The first-order valence-corrected chi connectivity index (χ1v) is 5.88. The Hall–Kier alpha value is -2.01. The Labute approximate surface area is 118 Å². The zero-order valence-corrected chi connectivity index (χ0v) is 11.2. The fourth-order valence-corrected chi connectivity index (χ4v) is 1.69. The van der Waals surface area contributed by atoms with Crippen molar-refractivity contribution >= 4 is 29.9 Å². The molecule has 4 N–H and O–H groups in total. The molecule has 0 spiro atoms. The number of nitrogens with two attached hydrogens (primary N) is 1. The number of nitrogens with one attached hydrogen (secondary N) is 2. The third-order valence-corrected chi connectivity index (χ3v) is 2.56. The fraction of sp³-hybridized carbons (Fsp3) is 0.231. The van der Waals surface area contributed by atoms with Crippen molar-refractivity contribution in [3.8, 4) is 0 Å². The van der Waals surface area contributed by atoms with E-state index in [2.05, 4.69) is 15.3 Å². The maximum atomic E-state index is 11.6. The Morgan fingerprint density at radius 2 is 2.05 bits per heavy atom. The van der Waals surface area contributed by atoms with Crippen LogP contribution in [-0.4, -0.2) is 15.9 Å². The summed E-state index contributed by atoms with van der Waals surface area (Å²) in [5.41, 5.74) is 7.25. The number of amides is 1. The second kappa shape index (κ2) is 7.43. The maximum absolute atomic E-state index is 11.6. The molecular formula is C13H17ClN4O. The summed E-state index contributed by atoms with van der Waals surface area (Å²) in [5.74, 6) is 0.437. The number of anilines is 2. The van der Waals surface area contributed by atoms with Gasteiger partial charge in [-0.1, -0.05) is 18.2 Å². The zero-order valence-electron chi connectivity index (χ0n) is 10.4. The molecule has 0 unspecified atom stereocenters. The smallest absolute Gasteiger partial charge is 0.224 e. The summed E-state index contributed by atoms with van der Waals surface area (Å²) in [5, 5.41) is 2.84. The van der Waals surface area contributed by atoms with Crippen molar-refractivity contribution in [1.82, 2.24) is 9.97 Å². The van der Waals surface area contributed by atoms with Crippen molar-refractivity contribution in [3.05, 3.63) is 42.2 Å². The highest BCUT2D eigenvalue weighted by molar-refractivity contribution is 5.90. The van der Waals surface area contributed by atoms with Crippen LogP contribution in [0, 0.1) is 0 Å². The van der Waals surface area contributed by atoms with Crippen LogP contribution in [0.5, 0.6) is 0 Å². The lowest BCUT2D eigenvalue weighted by Gasteiger charge is -2.04. The van der Waals surface area contributed by atoms with E-state index in [1.54, 1.807) is 6.20 Å². The van der Waals surface area contributed by atoms with Gasteiger partial charge < -0.3 is 16.0 Å². The number of halogens is 1. The number of para-hydroxylation sites is 1. The second-order valence-electron chi connectivity index (χ2n) is 4.06. The Bertz CT molecular complexity index is 512. The average molecular weight is 281 g/mol. The van der Waals surface area contributed by atoms with E-state index in [0.717, 1.165) is 24.2 Å². The van der Waals surface area contributed by atoms with Crippen LogP contribution >= 0.6 is 12.4 Å². The Kier molecular flexibility index (Phi) is 5.89. The van der Waals surface area contributed by atoms with Crippen molar-refractivity contribution in [2.75, 3.05) is 11.1 Å². The Morgan fingerprint density at radius 3 is 2.68 bits per heavy atom. The standard InChI is InChI=1S/C13H16N4O.ClH/c14-13-15-9-11(17-13)7-4-8-12(18)16-10-5-2-1-3-6-10;/h1-3,5-6,9H,4,7-8H2,(H,16,18)(H3,14,15,17);1H. The number of hydrogen-bond donors (Lipinski definition) is 3. The van der Waals surface area contributed by atoms with E-state index in [-0.39, 0.29) is 18.3 Å². The lowest BCUT2D eigenvalue weighted by atomic mass is 10.2. The Balaban J connectivity index is 0.00000180. The van der Waals surface area contributed by atoms with E-state index in [9.17, 15) is 4.79 Å². The highest BCUT2D eigenvalue weighted by atomic mass is 35.5. The molecule has 2 rings (SSSR count). The number of aromatic amines is 1. The van der Waals surface area contributed by atoms with Crippen LogP contribution in [0.1, 0.15) is 18.5 Å². The topological polar surface area (TPSA) is 83.8 Å². The van der Waals surface area contributed by atoms with Gasteiger partial charge in [0.15, 0.2) is 5.95 Å². The van der Waals surface area contributed by atoms with E-state index >= 15 is 0 Å². The van der Waals surface area contributed by atoms with E-state index in [1.165, 1.54) is 0 Å². The fourth-order valence-electron chi connectivity index (χ4n) is 1.69. The molecule has 6 heteroatoms. The van der Waals surface area contributed by atoms with E-state index in [4.69, 9.17) is 5.73 Å². The predicted molar refractivity (Wildman–Crippen MR) is 78.3 cm³/mol. The molecule has 0 atom stereocenters. The van der Waals surface area contributed by atoms with Gasteiger partial charge in [0.2, 0.25) is 5.91 Å². The first-order valence-electron chi connectivity index (χ1n) is 5.88. The summed E-state index contributed by atoms with van der Waals surface area (Å²) >= 11 is 0. The van der Waals surface area contributed by atoms with Crippen LogP contribution in [-0.2, 0) is 11.2 Å². The molecule has 0 aliphatic carbocycles. The third-order valence-electron chi connectivity index (χ3n) is 2.56. The summed E-state index contributed by atoms with van der Waals surface area (Å²) < 4.78 is 0. The number of carbonyl (C=O) groups is 1. The van der Waals surface area contributed by atoms with Crippen LogP contribution in [0.3, 0.4) is 0 Å². The van der Waals surface area contributed by atoms with Crippen molar-refractivity contribution in [3.63, 3.8) is 0 Å². The van der Waals surface area contributed by atoms with E-state index < -0.39 is 0 Å². The van der Waals surface area contributed by atoms with Gasteiger partial charge in [0, 0.05) is 17.8 Å². The molecule has 19 heavy (non-hydrogen) atoms. The Morgan fingerprint density at radius 1 is 1.32 bits per heavy atom. The summed E-state index contributed by atoms with van der Waals surface area (Å²) in [6.45, 7) is 0. The van der Waals surface area contributed by atoms with E-state index in [0.29, 0.717) is 12.4 Å². The van der Waals surface area contributed by atoms with Crippen molar-refractivity contribution < 1.29 is 4.79 Å². The monoisotopic (exact) mass is 280 g/mol. The molecule has 5 nitrogen and oxygen atoms in total. The molecule has 1 aromatic carbocycles. The maximum Gasteiger partial charge on any atom is 0.224 e. The number of H-pyrrole nitrogens is 1.